The largest absolute Gasteiger partial charge is 0.438 e. The molecule has 0 fully saturated rings. The average Bonchev–Trinajstić information content (AvgIpc) is 3.15. The molecule has 6 amide bonds. The highest BCUT2D eigenvalue weighted by Crippen LogP contribution is 2.09. The molecule has 0 radical (unpaired) electrons. The second kappa shape index (κ2) is 18.6. The number of pyridine rings is 2. The van der Waals surface area contributed by atoms with E-state index in [0.29, 0.717) is 0 Å². The Morgan fingerprint density at radius 2 is 0.981 bits per heavy atom. The maximum atomic E-state index is 13.5. The van der Waals surface area contributed by atoms with Gasteiger partial charge in [-0.15, -0.1) is 9.46 Å². The van der Waals surface area contributed by atoms with E-state index in [2.05, 4.69) is 10.6 Å². The number of hydrogen-bond acceptors (Lipinski definition) is 12. The first-order valence-electron chi connectivity index (χ1n) is 16.9. The van der Waals surface area contributed by atoms with Gasteiger partial charge in [0.05, 0.1) is 22.3 Å². The van der Waals surface area contributed by atoms with Crippen LogP contribution in [0.25, 0.3) is 0 Å². The fraction of sp³-hybridized carbons (Fsp3) is 0.353. The lowest BCUT2D eigenvalue weighted by Gasteiger charge is -2.24. The van der Waals surface area contributed by atoms with Crippen molar-refractivity contribution in [3.8, 4) is 0 Å². The number of hydrogen-bond donors (Lipinski definition) is 6. The van der Waals surface area contributed by atoms with Crippen LogP contribution in [0.4, 0.5) is 0 Å². The molecule has 54 heavy (non-hydrogen) atoms. The Morgan fingerprint density at radius 3 is 1.37 bits per heavy atom. The van der Waals surface area contributed by atoms with Gasteiger partial charge in [-0.1, -0.05) is 24.3 Å². The molecule has 0 bridgehead atoms. The molecule has 20 nitrogen and oxygen atoms in total. The summed E-state index contributed by atoms with van der Waals surface area (Å²) in [5, 5.41) is 45.3. The van der Waals surface area contributed by atoms with E-state index in [1.165, 1.54) is 58.4 Å². The smallest absolute Gasteiger partial charge is 0.425 e. The molecule has 2 aromatic rings. The van der Waals surface area contributed by atoms with E-state index in [9.17, 15) is 59.2 Å². The van der Waals surface area contributed by atoms with Crippen LogP contribution in [0, 0.1) is 0 Å². The lowest BCUT2D eigenvalue weighted by Crippen LogP contribution is -2.44. The molecule has 6 N–H and O–H groups in total. The second-order valence-corrected chi connectivity index (χ2v) is 12.0. The summed E-state index contributed by atoms with van der Waals surface area (Å²) in [6.45, 7) is 0.241. The summed E-state index contributed by atoms with van der Waals surface area (Å²) in [4.78, 5) is 102. The van der Waals surface area contributed by atoms with Gasteiger partial charge in [-0.2, -0.15) is 0 Å². The maximum absolute atomic E-state index is 13.5. The van der Waals surface area contributed by atoms with Crippen LogP contribution in [0.5, 0.6) is 0 Å². The molecular weight excluding hydrogens is 712 g/mol. The molecule has 4 heterocycles. The molecule has 4 rings (SSSR count). The lowest BCUT2D eigenvalue weighted by molar-refractivity contribution is -0.704. The van der Waals surface area contributed by atoms with Crippen LogP contribution in [0.1, 0.15) is 59.5 Å². The number of rotatable bonds is 17. The van der Waals surface area contributed by atoms with Crippen LogP contribution in [-0.4, -0.2) is 136 Å². The van der Waals surface area contributed by atoms with E-state index in [1.807, 2.05) is 0 Å². The Hall–Kier alpha value is -6.86. The highest BCUT2D eigenvalue weighted by molar-refractivity contribution is 6.42. The predicted octanol–water partition coefficient (Wildman–Crippen LogP) is -1.48. The monoisotopic (exact) mass is 752 g/mol. The molecule has 0 saturated carbocycles. The van der Waals surface area contributed by atoms with Gasteiger partial charge in [-0.25, -0.2) is 9.59 Å². The van der Waals surface area contributed by atoms with Crippen molar-refractivity contribution in [1.29, 1.82) is 0 Å². The fourth-order valence-corrected chi connectivity index (χ4v) is 5.44. The summed E-state index contributed by atoms with van der Waals surface area (Å²) in [7, 11) is 0. The van der Waals surface area contributed by atoms with Gasteiger partial charge in [0, 0.05) is 63.6 Å². The molecule has 286 valence electrons. The Bertz CT molecular complexity index is 1920. The third-order valence-corrected chi connectivity index (χ3v) is 8.29. The molecule has 0 aromatic carbocycles. The zero-order chi connectivity index (χ0) is 39.4. The van der Waals surface area contributed by atoms with Gasteiger partial charge in [0.25, 0.3) is 22.9 Å². The van der Waals surface area contributed by atoms with Crippen LogP contribution < -0.4 is 21.8 Å². The molecule has 0 unspecified atom stereocenters. The van der Waals surface area contributed by atoms with E-state index in [-0.39, 0.29) is 120 Å². The van der Waals surface area contributed by atoms with Gasteiger partial charge >= 0.3 is 35.1 Å². The number of carbonyl (C=O) groups excluding carboxylic acids is 6. The van der Waals surface area contributed by atoms with Gasteiger partial charge in [0.1, 0.15) is 11.4 Å². The van der Waals surface area contributed by atoms with Crippen molar-refractivity contribution in [1.82, 2.24) is 29.9 Å². The van der Waals surface area contributed by atoms with E-state index >= 15 is 0 Å². The maximum Gasteiger partial charge on any atom is 0.438 e. The zero-order valence-corrected chi connectivity index (χ0v) is 29.0. The highest BCUT2D eigenvalue weighted by atomic mass is 16.5. The molecule has 0 saturated heterocycles. The first-order chi connectivity index (χ1) is 25.8. The molecule has 0 atom stereocenters. The Morgan fingerprint density at radius 1 is 0.611 bits per heavy atom. The second-order valence-electron chi connectivity index (χ2n) is 12.0. The third-order valence-electron chi connectivity index (χ3n) is 8.29. The SMILES string of the molecule is O=C(NCCCN(CCCCN(CCCNC(=O)c1cccc(=O)n1O)C(=O)C1=[N+](O)C(=O)CC=C1)C(=O)C1=[N+](O)C(=O)CC=C1)c1cccc(=O)n1O. The molecule has 20 heteroatoms. The number of unbranched alkanes of at least 4 members (excludes halogenated alkanes) is 1. The fourth-order valence-electron chi connectivity index (χ4n) is 5.44. The minimum Gasteiger partial charge on any atom is -0.425 e. The minimum absolute atomic E-state index is 0.0145. The number of aromatic nitrogens is 2. The molecule has 0 spiro atoms. The number of nitrogens with one attached hydrogen (secondary N) is 2. The summed E-state index contributed by atoms with van der Waals surface area (Å²) in [6, 6.07) is 7.24. The molecule has 2 aliphatic heterocycles. The topological polar surface area (TPSA) is 264 Å². The first kappa shape index (κ1) is 39.9. The van der Waals surface area contributed by atoms with Crippen molar-refractivity contribution < 1.29 is 59.1 Å². The van der Waals surface area contributed by atoms with E-state index in [4.69, 9.17) is 0 Å². The third kappa shape index (κ3) is 9.92. The Balaban J connectivity index is 1.40. The van der Waals surface area contributed by atoms with Gasteiger partial charge < -0.3 is 30.8 Å². The van der Waals surface area contributed by atoms with Crippen LogP contribution in [0.2, 0.25) is 0 Å². The summed E-state index contributed by atoms with van der Waals surface area (Å²) in [6.07, 6.45) is 6.19. The van der Waals surface area contributed by atoms with Crippen molar-refractivity contribution in [2.75, 3.05) is 39.3 Å². The molecule has 2 aliphatic rings. The Labute approximate surface area is 306 Å². The number of amides is 6. The van der Waals surface area contributed by atoms with E-state index < -0.39 is 46.6 Å². The molecule has 0 aliphatic carbocycles. The van der Waals surface area contributed by atoms with E-state index in [0.717, 1.165) is 12.1 Å². The summed E-state index contributed by atoms with van der Waals surface area (Å²) < 4.78 is 0.932. The van der Waals surface area contributed by atoms with Crippen molar-refractivity contribution in [3.05, 3.63) is 92.8 Å². The predicted molar refractivity (Wildman–Crippen MR) is 184 cm³/mol. The Kier molecular flexibility index (Phi) is 13.7. The zero-order valence-electron chi connectivity index (χ0n) is 29.0. The highest BCUT2D eigenvalue weighted by Gasteiger charge is 2.35. The summed E-state index contributed by atoms with van der Waals surface area (Å²) in [5.74, 6) is -4.28. The van der Waals surface area contributed by atoms with Gasteiger partial charge in [0.15, 0.2) is 0 Å². The number of hydroxylamine groups is 2. The van der Waals surface area contributed by atoms with Gasteiger partial charge in [-0.05, 0) is 37.8 Å². The van der Waals surface area contributed by atoms with Crippen molar-refractivity contribution in [2.24, 2.45) is 0 Å². The van der Waals surface area contributed by atoms with Crippen molar-refractivity contribution in [2.45, 2.75) is 38.5 Å². The molecular formula is C34H40N8O12+2. The number of carbonyl (C=O) groups is 6. The summed E-state index contributed by atoms with van der Waals surface area (Å²) in [5.41, 5.74) is -2.76. The van der Waals surface area contributed by atoms with Crippen LogP contribution in [0.15, 0.2) is 70.3 Å². The van der Waals surface area contributed by atoms with Crippen LogP contribution in [-0.2, 0) is 19.2 Å². The molecule has 2 aromatic heterocycles. The average molecular weight is 753 g/mol. The van der Waals surface area contributed by atoms with Crippen LogP contribution >= 0.6 is 0 Å². The quantitative estimate of drug-likeness (QED) is 0.0356. The van der Waals surface area contributed by atoms with Crippen LogP contribution in [0.3, 0.4) is 0 Å². The lowest BCUT2D eigenvalue weighted by atomic mass is 10.1. The first-order valence-corrected chi connectivity index (χ1v) is 16.9. The van der Waals surface area contributed by atoms with Gasteiger partial charge in [-0.3, -0.25) is 39.2 Å². The van der Waals surface area contributed by atoms with Crippen molar-refractivity contribution in [3.63, 3.8) is 0 Å². The van der Waals surface area contributed by atoms with Gasteiger partial charge in [0.2, 0.25) is 0 Å². The van der Waals surface area contributed by atoms with E-state index in [1.54, 1.807) is 0 Å². The summed E-state index contributed by atoms with van der Waals surface area (Å²) >= 11 is 0. The normalized spacial score (nSPS) is 13.9. The minimum atomic E-state index is -0.800. The standard InChI is InChI=1S/C34H38N8O12/c43-27-13-3-9-23(39(27)51)31(47)35-17-7-21-37(33(49)25-11-5-15-29(45)41(25)53)19-1-2-20-38(34(50)26-12-6-16-30(46)42(26)54)22-8-18-36-32(48)24-10-4-14-28(44)40(24)52/h3-6,9-14,51-52H,1-2,7-8,15-22H2,(H2-2,35,36,47,48,49,50,53,54)/p+2. The van der Waals surface area contributed by atoms with Crippen molar-refractivity contribution >= 4 is 46.9 Å². The number of nitrogens with zero attached hydrogens (tertiary/aromatic N) is 6.